The van der Waals surface area contributed by atoms with E-state index in [9.17, 15) is 4.79 Å². The van der Waals surface area contributed by atoms with E-state index in [1.165, 1.54) is 0 Å². The van der Waals surface area contributed by atoms with Crippen molar-refractivity contribution in [3.8, 4) is 0 Å². The third kappa shape index (κ3) is 1.72. The number of thiol groups is 1. The Labute approximate surface area is 84.9 Å². The molecule has 1 aliphatic rings. The van der Waals surface area contributed by atoms with Crippen LogP contribution < -0.4 is 0 Å². The maximum absolute atomic E-state index is 10.7. The summed E-state index contributed by atoms with van der Waals surface area (Å²) < 4.78 is 0. The Balaban J connectivity index is 2.35. The number of benzene rings is 1. The van der Waals surface area contributed by atoms with Crippen LogP contribution in [0.4, 0.5) is 0 Å². The lowest BCUT2D eigenvalue weighted by atomic mass is 10.2. The molecule has 0 aromatic heterocycles. The summed E-state index contributed by atoms with van der Waals surface area (Å²) in [5.74, 6) is -0.887. The molecule has 0 atom stereocenters. The van der Waals surface area contributed by atoms with Gasteiger partial charge >= 0.3 is 5.97 Å². The SMILES string of the molecule is O=C(O)c1cc[c]c([SH]2C=CC=C2)c1. The maximum atomic E-state index is 10.7. The molecular formula is C11H9O2S. The van der Waals surface area contributed by atoms with Gasteiger partial charge in [-0.3, -0.25) is 0 Å². The van der Waals surface area contributed by atoms with Crippen molar-refractivity contribution in [1.82, 2.24) is 0 Å². The molecule has 1 aliphatic heterocycles. The topological polar surface area (TPSA) is 37.3 Å². The van der Waals surface area contributed by atoms with Crippen molar-refractivity contribution in [3.05, 3.63) is 52.8 Å². The quantitative estimate of drug-likeness (QED) is 0.728. The second-order valence-electron chi connectivity index (χ2n) is 2.86. The van der Waals surface area contributed by atoms with Crippen molar-refractivity contribution in [2.45, 2.75) is 4.90 Å². The van der Waals surface area contributed by atoms with Gasteiger partial charge < -0.3 is 5.11 Å². The van der Waals surface area contributed by atoms with Gasteiger partial charge in [-0.1, -0.05) is 18.2 Å². The molecule has 1 N–H and O–H groups in total. The van der Waals surface area contributed by atoms with Gasteiger partial charge in [0.25, 0.3) is 0 Å². The molecule has 71 valence electrons. The van der Waals surface area contributed by atoms with Gasteiger partial charge in [-0.2, -0.15) is 10.9 Å². The summed E-state index contributed by atoms with van der Waals surface area (Å²) >= 11 is 0. The average Bonchev–Trinajstić information content (AvgIpc) is 2.71. The van der Waals surface area contributed by atoms with Gasteiger partial charge in [0.05, 0.1) is 5.56 Å². The van der Waals surface area contributed by atoms with Gasteiger partial charge in [-0.25, -0.2) is 4.79 Å². The molecule has 0 fully saturated rings. The summed E-state index contributed by atoms with van der Waals surface area (Å²) in [7, 11) is -0.461. The zero-order chi connectivity index (χ0) is 9.97. The normalized spacial score (nSPS) is 16.1. The molecule has 14 heavy (non-hydrogen) atoms. The third-order valence-electron chi connectivity index (χ3n) is 1.92. The van der Waals surface area contributed by atoms with Crippen LogP contribution in [0.1, 0.15) is 10.4 Å². The highest BCUT2D eigenvalue weighted by Crippen LogP contribution is 2.41. The number of hydrogen-bond acceptors (Lipinski definition) is 1. The highest BCUT2D eigenvalue weighted by molar-refractivity contribution is 8.22. The van der Waals surface area contributed by atoms with E-state index in [-0.39, 0.29) is 0 Å². The Hall–Kier alpha value is -1.48. The van der Waals surface area contributed by atoms with Gasteiger partial charge in [0.1, 0.15) is 0 Å². The first kappa shape index (κ1) is 9.09. The van der Waals surface area contributed by atoms with Crippen LogP contribution in [0, 0.1) is 6.07 Å². The van der Waals surface area contributed by atoms with Crippen molar-refractivity contribution in [2.24, 2.45) is 0 Å². The van der Waals surface area contributed by atoms with Crippen molar-refractivity contribution in [1.29, 1.82) is 0 Å². The number of allylic oxidation sites excluding steroid dienone is 2. The Morgan fingerprint density at radius 1 is 1.36 bits per heavy atom. The molecule has 2 rings (SSSR count). The minimum Gasteiger partial charge on any atom is -0.478 e. The Kier molecular flexibility index (Phi) is 2.41. The standard InChI is InChI=1S/C11H9O2S/c12-11(13)9-4-3-5-10(8-9)14-6-1-2-7-14/h1-4,6-8,14H,(H,12,13). The van der Waals surface area contributed by atoms with Crippen molar-refractivity contribution in [3.63, 3.8) is 0 Å². The molecule has 0 aliphatic carbocycles. The smallest absolute Gasteiger partial charge is 0.335 e. The number of carboxylic acids is 1. The highest BCUT2D eigenvalue weighted by Gasteiger charge is 2.07. The number of carbonyl (C=O) groups is 1. The second-order valence-corrected chi connectivity index (χ2v) is 4.75. The molecule has 2 nitrogen and oxygen atoms in total. The van der Waals surface area contributed by atoms with Crippen LogP contribution in [0.2, 0.25) is 0 Å². The van der Waals surface area contributed by atoms with E-state index in [2.05, 4.69) is 16.9 Å². The summed E-state index contributed by atoms with van der Waals surface area (Å²) in [5.41, 5.74) is 0.329. The van der Waals surface area contributed by atoms with Gasteiger partial charge in [0.15, 0.2) is 0 Å². The van der Waals surface area contributed by atoms with Crippen LogP contribution in [0.5, 0.6) is 0 Å². The minimum absolute atomic E-state index is 0.329. The van der Waals surface area contributed by atoms with E-state index in [0.717, 1.165) is 4.90 Å². The van der Waals surface area contributed by atoms with Crippen molar-refractivity contribution >= 4 is 16.9 Å². The Bertz CT molecular complexity index is 409. The van der Waals surface area contributed by atoms with E-state index < -0.39 is 16.9 Å². The maximum Gasteiger partial charge on any atom is 0.335 e. The Morgan fingerprint density at radius 3 is 2.71 bits per heavy atom. The molecule has 0 bridgehead atoms. The Morgan fingerprint density at radius 2 is 2.07 bits per heavy atom. The zero-order valence-electron chi connectivity index (χ0n) is 7.34. The minimum atomic E-state index is -0.887. The lowest BCUT2D eigenvalue weighted by Crippen LogP contribution is -1.95. The fraction of sp³-hybridized carbons (Fsp3) is 0. The molecule has 1 heterocycles. The molecule has 0 unspecified atom stereocenters. The molecule has 3 heteroatoms. The van der Waals surface area contributed by atoms with Crippen LogP contribution in [-0.4, -0.2) is 11.1 Å². The lowest BCUT2D eigenvalue weighted by Gasteiger charge is -2.09. The predicted molar refractivity (Wildman–Crippen MR) is 57.8 cm³/mol. The van der Waals surface area contributed by atoms with Crippen LogP contribution >= 0.6 is 10.9 Å². The fourth-order valence-corrected chi connectivity index (χ4v) is 2.73. The summed E-state index contributed by atoms with van der Waals surface area (Å²) in [6.45, 7) is 0. The molecule has 1 aromatic carbocycles. The zero-order valence-corrected chi connectivity index (χ0v) is 8.24. The van der Waals surface area contributed by atoms with E-state index >= 15 is 0 Å². The number of hydrogen-bond donors (Lipinski definition) is 2. The number of aromatic carboxylic acids is 1. The molecule has 0 saturated heterocycles. The van der Waals surface area contributed by atoms with Crippen molar-refractivity contribution in [2.75, 3.05) is 0 Å². The molecule has 1 aromatic rings. The highest BCUT2D eigenvalue weighted by atomic mass is 32.2. The lowest BCUT2D eigenvalue weighted by molar-refractivity contribution is 0.0696. The van der Waals surface area contributed by atoms with Crippen LogP contribution in [0.3, 0.4) is 0 Å². The summed E-state index contributed by atoms with van der Waals surface area (Å²) in [6, 6.07) is 7.99. The largest absolute Gasteiger partial charge is 0.478 e. The first-order valence-electron chi connectivity index (χ1n) is 4.16. The molecular weight excluding hydrogens is 196 g/mol. The second kappa shape index (κ2) is 3.72. The average molecular weight is 205 g/mol. The van der Waals surface area contributed by atoms with Crippen LogP contribution in [0.15, 0.2) is 46.1 Å². The summed E-state index contributed by atoms with van der Waals surface area (Å²) in [5, 5.41) is 13.0. The van der Waals surface area contributed by atoms with E-state index in [4.69, 9.17) is 5.11 Å². The number of carboxylic acid groups (broad SMARTS) is 1. The summed E-state index contributed by atoms with van der Waals surface area (Å²) in [6.07, 6.45) is 3.96. The molecule has 0 amide bonds. The van der Waals surface area contributed by atoms with E-state index in [1.807, 2.05) is 12.2 Å². The first-order valence-corrected chi connectivity index (χ1v) is 5.64. The monoisotopic (exact) mass is 205 g/mol. The molecule has 1 radical (unpaired) electrons. The first-order chi connectivity index (χ1) is 6.77. The third-order valence-corrected chi connectivity index (χ3v) is 3.72. The van der Waals surface area contributed by atoms with Crippen molar-refractivity contribution < 1.29 is 9.90 Å². The summed E-state index contributed by atoms with van der Waals surface area (Å²) in [4.78, 5) is 11.7. The van der Waals surface area contributed by atoms with E-state index in [1.54, 1.807) is 18.2 Å². The number of rotatable bonds is 2. The van der Waals surface area contributed by atoms with Gasteiger partial charge in [0.2, 0.25) is 0 Å². The van der Waals surface area contributed by atoms with Crippen LogP contribution in [-0.2, 0) is 0 Å². The molecule has 0 saturated carbocycles. The van der Waals surface area contributed by atoms with Gasteiger partial charge in [0, 0.05) is 4.90 Å². The van der Waals surface area contributed by atoms with Gasteiger partial charge in [-0.15, -0.1) is 0 Å². The molecule has 0 spiro atoms. The van der Waals surface area contributed by atoms with E-state index in [0.29, 0.717) is 5.56 Å². The van der Waals surface area contributed by atoms with Crippen LogP contribution in [0.25, 0.3) is 0 Å². The fourth-order valence-electron chi connectivity index (χ4n) is 1.23. The predicted octanol–water partition coefficient (Wildman–Crippen LogP) is 2.59. The van der Waals surface area contributed by atoms with Gasteiger partial charge in [-0.05, 0) is 29.0 Å².